The highest BCUT2D eigenvalue weighted by atomic mass is 19.1. The number of benzene rings is 2. The van der Waals surface area contributed by atoms with E-state index in [0.717, 1.165) is 38.8 Å². The molecule has 0 saturated carbocycles. The van der Waals surface area contributed by atoms with Crippen molar-refractivity contribution >= 4 is 27.5 Å². The molecule has 3 fully saturated rings. The average Bonchev–Trinajstić information content (AvgIpc) is 3.54. The van der Waals surface area contributed by atoms with E-state index in [1.807, 2.05) is 6.92 Å². The van der Waals surface area contributed by atoms with Gasteiger partial charge in [0.05, 0.1) is 25.9 Å². The van der Waals surface area contributed by atoms with Gasteiger partial charge in [0.25, 0.3) is 0 Å². The Labute approximate surface area is 261 Å². The summed E-state index contributed by atoms with van der Waals surface area (Å²) >= 11 is 0. The molecule has 3 aliphatic heterocycles. The zero-order valence-electron chi connectivity index (χ0n) is 26.0. The van der Waals surface area contributed by atoms with Crippen LogP contribution in [0.1, 0.15) is 45.1 Å². The molecule has 45 heavy (non-hydrogen) atoms. The van der Waals surface area contributed by atoms with Crippen LogP contribution in [0.3, 0.4) is 0 Å². The summed E-state index contributed by atoms with van der Waals surface area (Å²) in [5, 5.41) is 12.0. The van der Waals surface area contributed by atoms with E-state index in [4.69, 9.17) is 19.2 Å². The molecule has 1 N–H and O–H groups in total. The Bertz CT molecular complexity index is 1760. The first-order valence-electron chi connectivity index (χ1n) is 15.9. The Balaban J connectivity index is 1.44. The van der Waals surface area contributed by atoms with Gasteiger partial charge in [0, 0.05) is 18.7 Å². The molecule has 0 amide bonds. The lowest BCUT2D eigenvalue weighted by Crippen LogP contribution is -2.43. The second kappa shape index (κ2) is 11.8. The van der Waals surface area contributed by atoms with Crippen molar-refractivity contribution in [2.45, 2.75) is 51.5 Å². The minimum Gasteiger partial charge on any atom is -0.508 e. The highest BCUT2D eigenvalue weighted by molar-refractivity contribution is 6.03. The second-order valence-corrected chi connectivity index (χ2v) is 12.6. The van der Waals surface area contributed by atoms with Crippen LogP contribution in [0, 0.1) is 17.6 Å². The molecule has 0 unspecified atom stereocenters. The first-order chi connectivity index (χ1) is 21.8. The summed E-state index contributed by atoms with van der Waals surface area (Å²) < 4.78 is 50.0. The van der Waals surface area contributed by atoms with Gasteiger partial charge in [0.2, 0.25) is 5.88 Å². The molecule has 0 aliphatic carbocycles. The summed E-state index contributed by atoms with van der Waals surface area (Å²) in [7, 11) is 1.47. The molecule has 238 valence electrons. The molecule has 11 heteroatoms. The molecular weight excluding hydrogens is 580 g/mol. The number of ether oxygens (including phenoxy) is 3. The molecule has 3 saturated heterocycles. The fraction of sp³-hybridized carbons (Fsp3) is 0.500. The van der Waals surface area contributed by atoms with Crippen molar-refractivity contribution in [2.75, 3.05) is 58.0 Å². The van der Waals surface area contributed by atoms with Gasteiger partial charge in [-0.15, -0.1) is 0 Å². The van der Waals surface area contributed by atoms with Gasteiger partial charge in [-0.2, -0.15) is 9.97 Å². The first-order valence-corrected chi connectivity index (χ1v) is 15.9. The quantitative estimate of drug-likeness (QED) is 0.272. The lowest BCUT2D eigenvalue weighted by Gasteiger charge is -2.31. The van der Waals surface area contributed by atoms with Crippen molar-refractivity contribution in [3.8, 4) is 28.9 Å². The summed E-state index contributed by atoms with van der Waals surface area (Å²) in [5.41, 5.74) is 0.507. The van der Waals surface area contributed by atoms with Gasteiger partial charge >= 0.3 is 6.01 Å². The highest BCUT2D eigenvalue weighted by Gasteiger charge is 2.45. The molecule has 0 spiro atoms. The van der Waals surface area contributed by atoms with Crippen molar-refractivity contribution < 1.29 is 28.1 Å². The van der Waals surface area contributed by atoms with Crippen LogP contribution >= 0.6 is 0 Å². The maximum Gasteiger partial charge on any atom is 0.319 e. The largest absolute Gasteiger partial charge is 0.508 e. The summed E-state index contributed by atoms with van der Waals surface area (Å²) in [5.74, 6) is -0.420. The van der Waals surface area contributed by atoms with Gasteiger partial charge in [-0.25, -0.2) is 13.8 Å². The third-order valence-corrected chi connectivity index (χ3v) is 9.69. The van der Waals surface area contributed by atoms with E-state index in [-0.39, 0.29) is 45.9 Å². The third-order valence-electron chi connectivity index (χ3n) is 9.69. The van der Waals surface area contributed by atoms with Crippen LogP contribution in [0.4, 0.5) is 14.6 Å². The van der Waals surface area contributed by atoms with Crippen molar-refractivity contribution in [1.82, 2.24) is 19.9 Å². The van der Waals surface area contributed by atoms with E-state index in [1.165, 1.54) is 25.3 Å². The highest BCUT2D eigenvalue weighted by Crippen LogP contribution is 2.43. The van der Waals surface area contributed by atoms with Gasteiger partial charge < -0.3 is 24.2 Å². The number of methoxy groups -OCH3 is 1. The summed E-state index contributed by atoms with van der Waals surface area (Å²) in [4.78, 5) is 18.7. The number of nitrogens with zero attached hydrogens (tertiary/aromatic N) is 5. The van der Waals surface area contributed by atoms with Gasteiger partial charge in [0.1, 0.15) is 40.6 Å². The molecule has 0 radical (unpaired) electrons. The van der Waals surface area contributed by atoms with E-state index in [9.17, 15) is 5.11 Å². The van der Waals surface area contributed by atoms with Crippen molar-refractivity contribution in [1.29, 1.82) is 0 Å². The van der Waals surface area contributed by atoms with Gasteiger partial charge in [0.15, 0.2) is 5.82 Å². The van der Waals surface area contributed by atoms with Crippen LogP contribution in [-0.2, 0) is 11.2 Å². The fourth-order valence-corrected chi connectivity index (χ4v) is 7.59. The minimum atomic E-state index is -0.724. The Kier molecular flexibility index (Phi) is 7.85. The molecule has 2 aromatic carbocycles. The van der Waals surface area contributed by atoms with Gasteiger partial charge in [-0.05, 0) is 85.6 Å². The average molecular weight is 620 g/mol. The number of pyridine rings is 1. The minimum absolute atomic E-state index is 0.00665. The van der Waals surface area contributed by atoms with Crippen LogP contribution in [-0.4, -0.2) is 83.6 Å². The van der Waals surface area contributed by atoms with Crippen molar-refractivity contribution in [3.63, 3.8) is 0 Å². The maximum absolute atomic E-state index is 17.0. The summed E-state index contributed by atoms with van der Waals surface area (Å²) in [6.07, 6.45) is 4.71. The molecule has 7 rings (SSSR count). The standard InChI is InChI=1S/C34H39F2N5O4/c1-4-23-25(35)8-7-21-15-22(42)16-24(26(21)23)29-28(36)30-27(32(37-29)43-3)31(40-13-14-44-18-20(2)17-40)39-33(38-30)45-19-34-9-5-11-41(34)12-6-10-34/h7-8,15-16,20,42H,4-6,9-14,17-19H2,1-3H3/t20-/m1/s1. The smallest absolute Gasteiger partial charge is 0.319 e. The monoisotopic (exact) mass is 619 g/mol. The molecular formula is C34H39F2N5O4. The zero-order valence-corrected chi connectivity index (χ0v) is 26.0. The number of hydrogen-bond donors (Lipinski definition) is 1. The number of aryl methyl sites for hydroxylation is 1. The van der Waals surface area contributed by atoms with Crippen LogP contribution < -0.4 is 14.4 Å². The molecule has 1 atom stereocenters. The maximum atomic E-state index is 17.0. The van der Waals surface area contributed by atoms with Crippen molar-refractivity contribution in [2.24, 2.45) is 5.92 Å². The van der Waals surface area contributed by atoms with Crippen LogP contribution in [0.25, 0.3) is 32.9 Å². The van der Waals surface area contributed by atoms with Gasteiger partial charge in [-0.1, -0.05) is 19.9 Å². The number of aromatic nitrogens is 3. The van der Waals surface area contributed by atoms with E-state index in [2.05, 4.69) is 26.7 Å². The Morgan fingerprint density at radius 1 is 1.07 bits per heavy atom. The first kappa shape index (κ1) is 29.9. The van der Waals surface area contributed by atoms with E-state index < -0.39 is 11.6 Å². The molecule has 3 aliphatic rings. The van der Waals surface area contributed by atoms with Crippen molar-refractivity contribution in [3.05, 3.63) is 41.5 Å². The SMILES string of the molecule is CCc1c(F)ccc2cc(O)cc(-c3nc(OC)c4c(N5CCOC[C@H](C)C5)nc(OCC56CCCN5CCC6)nc4c3F)c12. The number of halogens is 2. The fourth-order valence-electron chi connectivity index (χ4n) is 7.59. The second-order valence-electron chi connectivity index (χ2n) is 12.6. The Morgan fingerprint density at radius 3 is 2.62 bits per heavy atom. The number of phenols is 1. The van der Waals surface area contributed by atoms with E-state index >= 15 is 8.78 Å². The number of rotatable bonds is 7. The van der Waals surface area contributed by atoms with Crippen LogP contribution in [0.15, 0.2) is 24.3 Å². The zero-order chi connectivity index (χ0) is 31.3. The van der Waals surface area contributed by atoms with Crippen LogP contribution in [0.2, 0.25) is 0 Å². The summed E-state index contributed by atoms with van der Waals surface area (Å²) in [6, 6.07) is 5.98. The predicted molar refractivity (Wildman–Crippen MR) is 168 cm³/mol. The number of fused-ring (bicyclic) bond motifs is 3. The van der Waals surface area contributed by atoms with Crippen LogP contribution in [0.5, 0.6) is 17.6 Å². The van der Waals surface area contributed by atoms with E-state index in [1.54, 1.807) is 6.07 Å². The normalized spacial score (nSPS) is 20.1. The number of anilines is 1. The number of aromatic hydroxyl groups is 1. The van der Waals surface area contributed by atoms with Gasteiger partial charge in [-0.3, -0.25) is 4.90 Å². The molecule has 9 nitrogen and oxygen atoms in total. The molecule has 4 aromatic rings. The van der Waals surface area contributed by atoms with E-state index in [0.29, 0.717) is 66.9 Å². The number of phenolic OH excluding ortho intramolecular Hbond substituents is 1. The Hall–Kier alpha value is -3.83. The number of hydrogen-bond acceptors (Lipinski definition) is 9. The Morgan fingerprint density at radius 2 is 1.87 bits per heavy atom. The molecule has 0 bridgehead atoms. The third kappa shape index (κ3) is 5.19. The lowest BCUT2D eigenvalue weighted by molar-refractivity contribution is 0.108. The lowest BCUT2D eigenvalue weighted by atomic mass is 9.94. The summed E-state index contributed by atoms with van der Waals surface area (Å²) in [6.45, 7) is 8.72. The molecule has 5 heterocycles. The predicted octanol–water partition coefficient (Wildman–Crippen LogP) is 5.88. The topological polar surface area (TPSA) is 93.1 Å². The molecule has 2 aromatic heterocycles.